The summed E-state index contributed by atoms with van der Waals surface area (Å²) in [5.41, 5.74) is 1.98. The van der Waals surface area contributed by atoms with Gasteiger partial charge in [0.2, 0.25) is 0 Å². The molecule has 0 saturated carbocycles. The highest BCUT2D eigenvalue weighted by Gasteiger charge is 2.07. The molecular formula is C15H20N2O3. The Kier molecular flexibility index (Phi) is 5.55. The lowest BCUT2D eigenvalue weighted by Gasteiger charge is -2.06. The maximum Gasteiger partial charge on any atom is 0.251 e. The normalized spacial score (nSPS) is 10.8. The quantitative estimate of drug-likeness (QED) is 0.753. The number of hydrogen-bond donors (Lipinski definition) is 1. The Morgan fingerprint density at radius 3 is 3.05 bits per heavy atom. The lowest BCUT2D eigenvalue weighted by atomic mass is 10.2. The van der Waals surface area contributed by atoms with Crippen molar-refractivity contribution in [2.24, 2.45) is 0 Å². The van der Waals surface area contributed by atoms with Gasteiger partial charge in [-0.25, -0.2) is 4.98 Å². The first-order valence-electron chi connectivity index (χ1n) is 7.00. The Morgan fingerprint density at radius 2 is 2.20 bits per heavy atom. The molecule has 0 bridgehead atoms. The highest BCUT2D eigenvalue weighted by atomic mass is 16.5. The van der Waals surface area contributed by atoms with E-state index in [1.165, 1.54) is 6.39 Å². The van der Waals surface area contributed by atoms with Gasteiger partial charge in [-0.1, -0.05) is 13.3 Å². The number of rotatable bonds is 8. The number of nitrogens with one attached hydrogen (secondary N) is 1. The minimum absolute atomic E-state index is 0.0940. The molecule has 0 fully saturated rings. The number of ether oxygens (including phenoxy) is 1. The van der Waals surface area contributed by atoms with Gasteiger partial charge in [0.15, 0.2) is 12.0 Å². The lowest BCUT2D eigenvalue weighted by Crippen LogP contribution is -2.25. The molecule has 1 aromatic heterocycles. The molecule has 0 aliphatic heterocycles. The van der Waals surface area contributed by atoms with E-state index in [0.717, 1.165) is 25.9 Å². The van der Waals surface area contributed by atoms with Gasteiger partial charge in [0.25, 0.3) is 5.91 Å². The fourth-order valence-corrected chi connectivity index (χ4v) is 1.83. The van der Waals surface area contributed by atoms with E-state index < -0.39 is 0 Å². The average molecular weight is 276 g/mol. The zero-order chi connectivity index (χ0) is 14.2. The van der Waals surface area contributed by atoms with E-state index in [1.54, 1.807) is 18.2 Å². The molecule has 1 aromatic carbocycles. The summed E-state index contributed by atoms with van der Waals surface area (Å²) in [6, 6.07) is 5.22. The van der Waals surface area contributed by atoms with Gasteiger partial charge >= 0.3 is 0 Å². The van der Waals surface area contributed by atoms with Gasteiger partial charge in [-0.3, -0.25) is 4.79 Å². The van der Waals surface area contributed by atoms with Gasteiger partial charge in [-0.05, 0) is 31.0 Å². The molecule has 0 spiro atoms. The molecule has 5 heteroatoms. The van der Waals surface area contributed by atoms with Crippen molar-refractivity contribution in [1.29, 1.82) is 0 Å². The second-order valence-corrected chi connectivity index (χ2v) is 4.61. The van der Waals surface area contributed by atoms with Crippen LogP contribution in [0.15, 0.2) is 29.0 Å². The maximum absolute atomic E-state index is 11.9. The van der Waals surface area contributed by atoms with Crippen molar-refractivity contribution in [2.75, 3.05) is 19.8 Å². The van der Waals surface area contributed by atoms with E-state index in [9.17, 15) is 4.79 Å². The molecule has 1 heterocycles. The summed E-state index contributed by atoms with van der Waals surface area (Å²) in [6.45, 7) is 4.23. The van der Waals surface area contributed by atoms with Crippen LogP contribution in [0.1, 0.15) is 36.5 Å². The minimum atomic E-state index is -0.0940. The van der Waals surface area contributed by atoms with Crippen molar-refractivity contribution >= 4 is 17.0 Å². The van der Waals surface area contributed by atoms with Crippen molar-refractivity contribution < 1.29 is 13.9 Å². The van der Waals surface area contributed by atoms with Crippen LogP contribution in [0.4, 0.5) is 0 Å². The largest absolute Gasteiger partial charge is 0.443 e. The highest BCUT2D eigenvalue weighted by Crippen LogP contribution is 2.13. The van der Waals surface area contributed by atoms with Gasteiger partial charge in [0.05, 0.1) is 0 Å². The summed E-state index contributed by atoms with van der Waals surface area (Å²) in [7, 11) is 0. The van der Waals surface area contributed by atoms with Crippen molar-refractivity contribution in [3.05, 3.63) is 30.2 Å². The molecule has 108 valence electrons. The predicted molar refractivity (Wildman–Crippen MR) is 76.7 cm³/mol. The molecule has 2 aromatic rings. The molecule has 1 N–H and O–H groups in total. The zero-order valence-corrected chi connectivity index (χ0v) is 11.7. The first-order valence-corrected chi connectivity index (χ1v) is 7.00. The Labute approximate surface area is 118 Å². The molecule has 1 amide bonds. The molecule has 5 nitrogen and oxygen atoms in total. The molecular weight excluding hydrogens is 256 g/mol. The van der Waals surface area contributed by atoms with E-state index >= 15 is 0 Å². The minimum Gasteiger partial charge on any atom is -0.443 e. The summed E-state index contributed by atoms with van der Waals surface area (Å²) in [4.78, 5) is 16.0. The Morgan fingerprint density at radius 1 is 1.35 bits per heavy atom. The van der Waals surface area contributed by atoms with E-state index in [2.05, 4.69) is 17.2 Å². The zero-order valence-electron chi connectivity index (χ0n) is 11.7. The van der Waals surface area contributed by atoms with Gasteiger partial charge < -0.3 is 14.5 Å². The number of amides is 1. The van der Waals surface area contributed by atoms with E-state index in [-0.39, 0.29) is 5.91 Å². The van der Waals surface area contributed by atoms with Gasteiger partial charge in [0.1, 0.15) is 5.52 Å². The van der Waals surface area contributed by atoms with E-state index in [0.29, 0.717) is 29.8 Å². The molecule has 0 aliphatic rings. The number of carbonyl (C=O) groups excluding carboxylic acids is 1. The second-order valence-electron chi connectivity index (χ2n) is 4.61. The topological polar surface area (TPSA) is 64.4 Å². The van der Waals surface area contributed by atoms with E-state index in [4.69, 9.17) is 9.15 Å². The standard InChI is InChI=1S/C15H20N2O3/c1-2-3-8-19-9-4-7-16-15(18)12-5-6-14-13(10-12)17-11-20-14/h5-6,10-11H,2-4,7-9H2,1H3,(H,16,18). The molecule has 0 saturated heterocycles. The fraction of sp³-hybridized carbons (Fsp3) is 0.467. The van der Waals surface area contributed by atoms with Crippen LogP contribution >= 0.6 is 0 Å². The third-order valence-corrected chi connectivity index (χ3v) is 2.99. The highest BCUT2D eigenvalue weighted by molar-refractivity contribution is 5.96. The smallest absolute Gasteiger partial charge is 0.251 e. The van der Waals surface area contributed by atoms with Crippen molar-refractivity contribution in [2.45, 2.75) is 26.2 Å². The number of unbranched alkanes of at least 4 members (excludes halogenated alkanes) is 1. The Hall–Kier alpha value is -1.88. The molecule has 2 rings (SSSR count). The van der Waals surface area contributed by atoms with Crippen LogP contribution in [0, 0.1) is 0 Å². The molecule has 0 radical (unpaired) electrons. The number of carbonyl (C=O) groups is 1. The molecule has 0 unspecified atom stereocenters. The van der Waals surface area contributed by atoms with Crippen LogP contribution in [-0.4, -0.2) is 30.6 Å². The summed E-state index contributed by atoms with van der Waals surface area (Å²) < 4.78 is 10.6. The molecule has 0 aliphatic carbocycles. The predicted octanol–water partition coefficient (Wildman–Crippen LogP) is 2.76. The Bertz CT molecular complexity index is 551. The summed E-state index contributed by atoms with van der Waals surface area (Å²) in [6.07, 6.45) is 4.42. The third-order valence-electron chi connectivity index (χ3n) is 2.99. The Balaban J connectivity index is 1.71. The number of nitrogens with zero attached hydrogens (tertiary/aromatic N) is 1. The SMILES string of the molecule is CCCCOCCCNC(=O)c1ccc2ocnc2c1. The first kappa shape index (κ1) is 14.5. The van der Waals surface area contributed by atoms with Crippen LogP contribution in [-0.2, 0) is 4.74 Å². The summed E-state index contributed by atoms with van der Waals surface area (Å²) in [5.74, 6) is -0.0940. The number of oxazole rings is 1. The lowest BCUT2D eigenvalue weighted by molar-refractivity contribution is 0.0940. The first-order chi connectivity index (χ1) is 9.81. The van der Waals surface area contributed by atoms with Crippen LogP contribution in [0.2, 0.25) is 0 Å². The third kappa shape index (κ3) is 4.06. The van der Waals surface area contributed by atoms with E-state index in [1.807, 2.05) is 0 Å². The fourth-order valence-electron chi connectivity index (χ4n) is 1.83. The van der Waals surface area contributed by atoms with Crippen molar-refractivity contribution in [1.82, 2.24) is 10.3 Å². The summed E-state index contributed by atoms with van der Waals surface area (Å²) >= 11 is 0. The van der Waals surface area contributed by atoms with Crippen LogP contribution in [0.3, 0.4) is 0 Å². The van der Waals surface area contributed by atoms with Gasteiger partial charge in [-0.2, -0.15) is 0 Å². The number of fused-ring (bicyclic) bond motifs is 1. The van der Waals surface area contributed by atoms with Crippen molar-refractivity contribution in [3.8, 4) is 0 Å². The monoisotopic (exact) mass is 276 g/mol. The van der Waals surface area contributed by atoms with Crippen molar-refractivity contribution in [3.63, 3.8) is 0 Å². The molecule has 0 atom stereocenters. The van der Waals surface area contributed by atoms with Crippen LogP contribution in [0.25, 0.3) is 11.1 Å². The van der Waals surface area contributed by atoms with Gasteiger partial charge in [-0.15, -0.1) is 0 Å². The maximum atomic E-state index is 11.9. The second kappa shape index (κ2) is 7.65. The van der Waals surface area contributed by atoms with Gasteiger partial charge in [0, 0.05) is 25.3 Å². The van der Waals surface area contributed by atoms with Crippen LogP contribution < -0.4 is 5.32 Å². The molecule has 20 heavy (non-hydrogen) atoms. The number of aromatic nitrogens is 1. The summed E-state index contributed by atoms with van der Waals surface area (Å²) in [5, 5.41) is 2.87. The van der Waals surface area contributed by atoms with Crippen LogP contribution in [0.5, 0.6) is 0 Å². The number of hydrogen-bond acceptors (Lipinski definition) is 4. The number of benzene rings is 1. The average Bonchev–Trinajstić information content (AvgIpc) is 2.93.